The molecule has 0 spiro atoms. The molecular formula is C31H38N4O3. The van der Waals surface area contributed by atoms with Crippen LogP contribution >= 0.6 is 0 Å². The standard InChI is InChI=1S/C31H38N4O3/c1-24(36)35-17-7-5-3-4-6-16-34(22-26-11-9-15-32-20-26)23-28-19-27(13-14-30(28)35)31(37)33-21-25-10-8-12-29(18-25)38-2/h8-15,18-20H,3-7,16-17,21-23H2,1-2H3,(H,33,37). The van der Waals surface area contributed by atoms with Crippen LogP contribution in [-0.2, 0) is 24.4 Å². The fourth-order valence-electron chi connectivity index (χ4n) is 4.97. The van der Waals surface area contributed by atoms with Gasteiger partial charge >= 0.3 is 0 Å². The van der Waals surface area contributed by atoms with E-state index in [2.05, 4.69) is 21.3 Å². The van der Waals surface area contributed by atoms with Crippen molar-refractivity contribution in [3.8, 4) is 5.75 Å². The number of amides is 2. The van der Waals surface area contributed by atoms with Crippen molar-refractivity contribution in [2.75, 3.05) is 25.1 Å². The number of aromatic nitrogens is 1. The summed E-state index contributed by atoms with van der Waals surface area (Å²) in [6, 6.07) is 17.4. The first-order valence-electron chi connectivity index (χ1n) is 13.5. The third-order valence-corrected chi connectivity index (χ3v) is 6.98. The Hall–Kier alpha value is -3.71. The number of pyridine rings is 1. The van der Waals surface area contributed by atoms with Crippen LogP contribution < -0.4 is 15.0 Å². The maximum absolute atomic E-state index is 13.2. The zero-order chi connectivity index (χ0) is 26.7. The second-order valence-corrected chi connectivity index (χ2v) is 9.89. The molecule has 0 bridgehead atoms. The molecule has 0 saturated carbocycles. The van der Waals surface area contributed by atoms with Crippen molar-refractivity contribution in [3.63, 3.8) is 0 Å². The summed E-state index contributed by atoms with van der Waals surface area (Å²) in [7, 11) is 1.63. The average molecular weight is 515 g/mol. The Balaban J connectivity index is 1.61. The van der Waals surface area contributed by atoms with Gasteiger partial charge in [0.15, 0.2) is 0 Å². The van der Waals surface area contributed by atoms with Crippen molar-refractivity contribution < 1.29 is 14.3 Å². The molecular weight excluding hydrogens is 476 g/mol. The average Bonchev–Trinajstić information content (AvgIpc) is 2.93. The molecule has 1 aliphatic heterocycles. The number of carbonyl (C=O) groups is 2. The van der Waals surface area contributed by atoms with Crippen LogP contribution in [0.15, 0.2) is 67.0 Å². The van der Waals surface area contributed by atoms with Gasteiger partial charge in [-0.15, -0.1) is 0 Å². The lowest BCUT2D eigenvalue weighted by Crippen LogP contribution is -2.33. The van der Waals surface area contributed by atoms with Crippen molar-refractivity contribution in [1.29, 1.82) is 0 Å². The van der Waals surface area contributed by atoms with Crippen molar-refractivity contribution in [2.24, 2.45) is 0 Å². The number of anilines is 1. The number of methoxy groups -OCH3 is 1. The molecule has 0 saturated heterocycles. The molecule has 2 heterocycles. The second kappa shape index (κ2) is 13.7. The van der Waals surface area contributed by atoms with Gasteiger partial charge < -0.3 is 15.0 Å². The number of ether oxygens (including phenoxy) is 1. The van der Waals surface area contributed by atoms with Gasteiger partial charge in [-0.3, -0.25) is 19.5 Å². The molecule has 2 amide bonds. The Morgan fingerprint density at radius 2 is 1.74 bits per heavy atom. The Bertz CT molecular complexity index is 1210. The maximum Gasteiger partial charge on any atom is 0.251 e. The third kappa shape index (κ3) is 7.65. The first-order chi connectivity index (χ1) is 18.5. The molecule has 0 unspecified atom stereocenters. The molecule has 0 fully saturated rings. The monoisotopic (exact) mass is 514 g/mol. The van der Waals surface area contributed by atoms with Gasteiger partial charge in [0.2, 0.25) is 5.91 Å². The number of hydrogen-bond acceptors (Lipinski definition) is 5. The van der Waals surface area contributed by atoms with Gasteiger partial charge in [-0.05, 0) is 72.5 Å². The Morgan fingerprint density at radius 1 is 0.947 bits per heavy atom. The molecule has 7 heteroatoms. The number of nitrogens with one attached hydrogen (secondary N) is 1. The highest BCUT2D eigenvalue weighted by Crippen LogP contribution is 2.27. The molecule has 0 radical (unpaired) electrons. The van der Waals surface area contributed by atoms with E-state index >= 15 is 0 Å². The molecule has 2 aromatic carbocycles. The number of nitrogens with zero attached hydrogens (tertiary/aromatic N) is 3. The maximum atomic E-state index is 13.2. The number of rotatable bonds is 6. The fraction of sp³-hybridized carbons (Fsp3) is 0.387. The number of carbonyl (C=O) groups excluding carboxylic acids is 2. The highest BCUT2D eigenvalue weighted by Gasteiger charge is 2.20. The fourth-order valence-corrected chi connectivity index (χ4v) is 4.97. The molecule has 38 heavy (non-hydrogen) atoms. The van der Waals surface area contributed by atoms with Crippen LogP contribution in [0.1, 0.15) is 66.1 Å². The molecule has 1 aromatic heterocycles. The lowest BCUT2D eigenvalue weighted by atomic mass is 10.0. The molecule has 1 aliphatic rings. The highest BCUT2D eigenvalue weighted by molar-refractivity contribution is 5.97. The zero-order valence-corrected chi connectivity index (χ0v) is 22.5. The Kier molecular flexibility index (Phi) is 9.87. The number of benzene rings is 2. The summed E-state index contributed by atoms with van der Waals surface area (Å²) < 4.78 is 5.29. The molecule has 4 rings (SSSR count). The topological polar surface area (TPSA) is 74.8 Å². The lowest BCUT2D eigenvalue weighted by molar-refractivity contribution is -0.116. The van der Waals surface area contributed by atoms with Crippen molar-refractivity contribution >= 4 is 17.5 Å². The first-order valence-corrected chi connectivity index (χ1v) is 13.5. The Labute approximate surface area is 225 Å². The van der Waals surface area contributed by atoms with Crippen LogP contribution in [-0.4, -0.2) is 41.9 Å². The largest absolute Gasteiger partial charge is 0.497 e. The minimum absolute atomic E-state index is 0.0253. The molecule has 0 aliphatic carbocycles. The van der Waals surface area contributed by atoms with E-state index in [1.54, 1.807) is 20.2 Å². The lowest BCUT2D eigenvalue weighted by Gasteiger charge is -2.29. The summed E-state index contributed by atoms with van der Waals surface area (Å²) in [6.45, 7) is 5.06. The van der Waals surface area contributed by atoms with Gasteiger partial charge in [-0.1, -0.05) is 37.5 Å². The van der Waals surface area contributed by atoms with Gasteiger partial charge in [0.05, 0.1) is 7.11 Å². The van der Waals surface area contributed by atoms with Crippen LogP contribution in [0.2, 0.25) is 0 Å². The van der Waals surface area contributed by atoms with E-state index in [0.29, 0.717) is 25.2 Å². The third-order valence-electron chi connectivity index (χ3n) is 6.98. The SMILES string of the molecule is COc1cccc(CNC(=O)c2ccc3c(c2)CN(Cc2cccnc2)CCCCCCCN3C(C)=O)c1. The van der Waals surface area contributed by atoms with Crippen LogP contribution in [0.3, 0.4) is 0 Å². The normalized spacial score (nSPS) is 15.1. The predicted molar refractivity (Wildman–Crippen MR) is 150 cm³/mol. The summed E-state index contributed by atoms with van der Waals surface area (Å²) >= 11 is 0. The van der Waals surface area contributed by atoms with Gasteiger partial charge in [0.25, 0.3) is 5.91 Å². The van der Waals surface area contributed by atoms with Crippen molar-refractivity contribution in [1.82, 2.24) is 15.2 Å². The summed E-state index contributed by atoms with van der Waals surface area (Å²) in [4.78, 5) is 34.4. The van der Waals surface area contributed by atoms with Gasteiger partial charge in [0, 0.05) is 56.7 Å². The van der Waals surface area contributed by atoms with E-state index in [-0.39, 0.29) is 11.8 Å². The van der Waals surface area contributed by atoms with E-state index in [9.17, 15) is 9.59 Å². The minimum Gasteiger partial charge on any atom is -0.497 e. The van der Waals surface area contributed by atoms with Crippen LogP contribution in [0.5, 0.6) is 5.75 Å². The van der Waals surface area contributed by atoms with Crippen LogP contribution in [0.25, 0.3) is 0 Å². The quantitative estimate of drug-likeness (QED) is 0.481. The van der Waals surface area contributed by atoms with Crippen molar-refractivity contribution in [2.45, 2.75) is 58.7 Å². The van der Waals surface area contributed by atoms with Crippen molar-refractivity contribution in [3.05, 3.63) is 89.2 Å². The molecule has 7 nitrogen and oxygen atoms in total. The number of fused-ring (bicyclic) bond motifs is 1. The number of hydrogen-bond donors (Lipinski definition) is 1. The van der Waals surface area contributed by atoms with Crippen LogP contribution in [0.4, 0.5) is 5.69 Å². The molecule has 200 valence electrons. The van der Waals surface area contributed by atoms with E-state index < -0.39 is 0 Å². The summed E-state index contributed by atoms with van der Waals surface area (Å²) in [6.07, 6.45) is 9.23. The summed E-state index contributed by atoms with van der Waals surface area (Å²) in [5.74, 6) is 0.641. The summed E-state index contributed by atoms with van der Waals surface area (Å²) in [5.41, 5.74) is 4.58. The van der Waals surface area contributed by atoms with Gasteiger partial charge in [-0.25, -0.2) is 0 Å². The molecule has 1 N–H and O–H groups in total. The minimum atomic E-state index is -0.144. The summed E-state index contributed by atoms with van der Waals surface area (Å²) in [5, 5.41) is 3.03. The smallest absolute Gasteiger partial charge is 0.251 e. The molecule has 3 aromatic rings. The van der Waals surface area contributed by atoms with Gasteiger partial charge in [0.1, 0.15) is 5.75 Å². The second-order valence-electron chi connectivity index (χ2n) is 9.89. The Morgan fingerprint density at radius 3 is 2.50 bits per heavy atom. The van der Waals surface area contributed by atoms with E-state index in [1.165, 1.54) is 12.8 Å². The van der Waals surface area contributed by atoms with E-state index in [0.717, 1.165) is 60.5 Å². The van der Waals surface area contributed by atoms with E-state index in [4.69, 9.17) is 4.74 Å². The van der Waals surface area contributed by atoms with E-state index in [1.807, 2.05) is 59.6 Å². The predicted octanol–water partition coefficient (Wildman–Crippen LogP) is 5.34. The van der Waals surface area contributed by atoms with Crippen LogP contribution in [0, 0.1) is 0 Å². The highest BCUT2D eigenvalue weighted by atomic mass is 16.5. The molecule has 0 atom stereocenters. The first kappa shape index (κ1) is 27.3. The van der Waals surface area contributed by atoms with Gasteiger partial charge in [-0.2, -0.15) is 0 Å². The zero-order valence-electron chi connectivity index (χ0n) is 22.5.